The van der Waals surface area contributed by atoms with Crippen molar-refractivity contribution in [1.29, 1.82) is 0 Å². The highest BCUT2D eigenvalue weighted by Crippen LogP contribution is 2.29. The van der Waals surface area contributed by atoms with E-state index in [0.29, 0.717) is 22.1 Å². The molecule has 0 amide bonds. The summed E-state index contributed by atoms with van der Waals surface area (Å²) in [4.78, 5) is 0. The monoisotopic (exact) mass is 302 g/mol. The SMILES string of the molecule is Nc1cc(Cl)ccc1Nc1cccc(OC(F)(F)F)c1. The zero-order chi connectivity index (χ0) is 14.8. The van der Waals surface area contributed by atoms with Crippen molar-refractivity contribution in [3.63, 3.8) is 0 Å². The van der Waals surface area contributed by atoms with Crippen molar-refractivity contribution < 1.29 is 17.9 Å². The smallest absolute Gasteiger partial charge is 0.406 e. The van der Waals surface area contributed by atoms with Crippen molar-refractivity contribution in [2.45, 2.75) is 6.36 Å². The van der Waals surface area contributed by atoms with Crippen LogP contribution in [0.1, 0.15) is 0 Å². The number of nitrogens with two attached hydrogens (primary N) is 1. The Morgan fingerprint density at radius 2 is 1.85 bits per heavy atom. The van der Waals surface area contributed by atoms with Crippen LogP contribution in [0.5, 0.6) is 5.75 Å². The predicted molar refractivity (Wildman–Crippen MR) is 72.3 cm³/mol. The lowest BCUT2D eigenvalue weighted by Crippen LogP contribution is -2.17. The molecule has 3 nitrogen and oxygen atoms in total. The zero-order valence-electron chi connectivity index (χ0n) is 10.0. The lowest BCUT2D eigenvalue weighted by atomic mass is 10.2. The van der Waals surface area contributed by atoms with Gasteiger partial charge in [0.05, 0.1) is 11.4 Å². The molecule has 0 atom stereocenters. The largest absolute Gasteiger partial charge is 0.573 e. The molecule has 0 aliphatic heterocycles. The van der Waals surface area contributed by atoms with Crippen LogP contribution in [-0.2, 0) is 0 Å². The first kappa shape index (κ1) is 14.3. The number of alkyl halides is 3. The van der Waals surface area contributed by atoms with Crippen LogP contribution in [0.25, 0.3) is 0 Å². The van der Waals surface area contributed by atoms with Gasteiger partial charge < -0.3 is 15.8 Å². The molecule has 106 valence electrons. The van der Waals surface area contributed by atoms with Gasteiger partial charge in [-0.25, -0.2) is 0 Å². The maximum absolute atomic E-state index is 12.1. The lowest BCUT2D eigenvalue weighted by Gasteiger charge is -2.12. The topological polar surface area (TPSA) is 47.3 Å². The summed E-state index contributed by atoms with van der Waals surface area (Å²) in [6.07, 6.45) is -4.72. The quantitative estimate of drug-likeness (QED) is 0.817. The fraction of sp³-hybridized carbons (Fsp3) is 0.0769. The van der Waals surface area contributed by atoms with Crippen LogP contribution in [0.3, 0.4) is 0 Å². The van der Waals surface area contributed by atoms with Gasteiger partial charge in [-0.2, -0.15) is 0 Å². The molecule has 2 rings (SSSR count). The molecule has 2 aromatic rings. The molecule has 20 heavy (non-hydrogen) atoms. The van der Waals surface area contributed by atoms with E-state index in [1.807, 2.05) is 0 Å². The first-order valence-electron chi connectivity index (χ1n) is 5.51. The van der Waals surface area contributed by atoms with Crippen molar-refractivity contribution in [2.75, 3.05) is 11.1 Å². The van der Waals surface area contributed by atoms with Crippen LogP contribution >= 0.6 is 11.6 Å². The van der Waals surface area contributed by atoms with Crippen molar-refractivity contribution in [3.05, 3.63) is 47.5 Å². The Hall–Kier alpha value is -2.08. The predicted octanol–water partition coefficient (Wildman–Crippen LogP) is 4.56. The maximum Gasteiger partial charge on any atom is 0.573 e. The van der Waals surface area contributed by atoms with Crippen LogP contribution in [0.4, 0.5) is 30.2 Å². The van der Waals surface area contributed by atoms with Crippen molar-refractivity contribution >= 4 is 28.7 Å². The van der Waals surface area contributed by atoms with E-state index in [9.17, 15) is 13.2 Å². The van der Waals surface area contributed by atoms with Crippen LogP contribution in [0.15, 0.2) is 42.5 Å². The fourth-order valence-corrected chi connectivity index (χ4v) is 1.75. The van der Waals surface area contributed by atoms with E-state index < -0.39 is 6.36 Å². The molecule has 0 radical (unpaired) electrons. The summed E-state index contributed by atoms with van der Waals surface area (Å²) < 4.78 is 40.2. The van der Waals surface area contributed by atoms with E-state index in [1.54, 1.807) is 24.3 Å². The Balaban J connectivity index is 2.19. The number of benzene rings is 2. The Bertz CT molecular complexity index is 617. The molecular weight excluding hydrogens is 293 g/mol. The number of rotatable bonds is 3. The molecule has 7 heteroatoms. The first-order valence-corrected chi connectivity index (χ1v) is 5.89. The number of halogens is 4. The minimum atomic E-state index is -4.72. The highest BCUT2D eigenvalue weighted by molar-refractivity contribution is 6.31. The standard InChI is InChI=1S/C13H10ClF3N2O/c14-8-4-5-12(11(18)6-8)19-9-2-1-3-10(7-9)20-13(15,16)17/h1-7,19H,18H2. The second kappa shape index (κ2) is 5.50. The van der Waals surface area contributed by atoms with Crippen molar-refractivity contribution in [2.24, 2.45) is 0 Å². The molecule has 0 aliphatic rings. The van der Waals surface area contributed by atoms with Crippen molar-refractivity contribution in [3.8, 4) is 5.75 Å². The number of hydrogen-bond acceptors (Lipinski definition) is 3. The summed E-state index contributed by atoms with van der Waals surface area (Å²) in [5.41, 5.74) is 7.10. The van der Waals surface area contributed by atoms with Gasteiger partial charge in [-0.05, 0) is 30.3 Å². The van der Waals surface area contributed by atoms with Gasteiger partial charge in [0.1, 0.15) is 5.75 Å². The van der Waals surface area contributed by atoms with Gasteiger partial charge in [-0.3, -0.25) is 0 Å². The van der Waals surface area contributed by atoms with E-state index in [0.717, 1.165) is 0 Å². The first-order chi connectivity index (χ1) is 9.33. The summed E-state index contributed by atoms with van der Waals surface area (Å²) in [6, 6.07) is 10.3. The Kier molecular flexibility index (Phi) is 3.94. The molecule has 0 aliphatic carbocycles. The Morgan fingerprint density at radius 1 is 1.10 bits per heavy atom. The third-order valence-corrected chi connectivity index (χ3v) is 2.60. The summed E-state index contributed by atoms with van der Waals surface area (Å²) in [7, 11) is 0. The number of nitrogen functional groups attached to an aromatic ring is 1. The summed E-state index contributed by atoms with van der Waals surface area (Å²) in [5, 5.41) is 3.37. The molecule has 0 fully saturated rings. The third-order valence-electron chi connectivity index (χ3n) is 2.36. The van der Waals surface area contributed by atoms with Crippen LogP contribution < -0.4 is 15.8 Å². The molecule has 0 bridgehead atoms. The van der Waals surface area contributed by atoms with Crippen LogP contribution in [-0.4, -0.2) is 6.36 Å². The molecular formula is C13H10ClF3N2O. The van der Waals surface area contributed by atoms with Gasteiger partial charge in [-0.15, -0.1) is 13.2 Å². The highest BCUT2D eigenvalue weighted by atomic mass is 35.5. The molecule has 0 spiro atoms. The molecule has 0 unspecified atom stereocenters. The van der Waals surface area contributed by atoms with Gasteiger partial charge in [0.15, 0.2) is 0 Å². The minimum absolute atomic E-state index is 0.310. The molecule has 3 N–H and O–H groups in total. The van der Waals surface area contributed by atoms with Gasteiger partial charge in [0, 0.05) is 16.8 Å². The average molecular weight is 303 g/mol. The van der Waals surface area contributed by atoms with Crippen LogP contribution in [0.2, 0.25) is 5.02 Å². The lowest BCUT2D eigenvalue weighted by molar-refractivity contribution is -0.274. The van der Waals surface area contributed by atoms with Gasteiger partial charge in [-0.1, -0.05) is 17.7 Å². The second-order valence-corrected chi connectivity index (χ2v) is 4.37. The number of anilines is 3. The summed E-state index contributed by atoms with van der Waals surface area (Å²) in [6.45, 7) is 0. The Morgan fingerprint density at radius 3 is 2.50 bits per heavy atom. The maximum atomic E-state index is 12.1. The average Bonchev–Trinajstić information content (AvgIpc) is 2.31. The van der Waals surface area contributed by atoms with E-state index >= 15 is 0 Å². The molecule has 0 heterocycles. The summed E-state index contributed by atoms with van der Waals surface area (Å²) in [5.74, 6) is -0.310. The molecule has 0 saturated heterocycles. The van der Waals surface area contributed by atoms with Gasteiger partial charge in [0.2, 0.25) is 0 Å². The number of nitrogens with one attached hydrogen (secondary N) is 1. The number of ether oxygens (including phenoxy) is 1. The van der Waals surface area contributed by atoms with Crippen molar-refractivity contribution in [1.82, 2.24) is 0 Å². The van der Waals surface area contributed by atoms with E-state index in [2.05, 4.69) is 10.1 Å². The Labute approximate surface area is 118 Å². The normalized spacial score (nSPS) is 11.2. The number of hydrogen-bond donors (Lipinski definition) is 2. The van der Waals surface area contributed by atoms with E-state index in [-0.39, 0.29) is 5.75 Å². The third kappa shape index (κ3) is 3.96. The van der Waals surface area contributed by atoms with Gasteiger partial charge >= 0.3 is 6.36 Å². The minimum Gasteiger partial charge on any atom is -0.406 e. The fourth-order valence-electron chi connectivity index (χ4n) is 1.57. The van der Waals surface area contributed by atoms with Gasteiger partial charge in [0.25, 0.3) is 0 Å². The molecule has 0 aromatic heterocycles. The molecule has 2 aromatic carbocycles. The highest BCUT2D eigenvalue weighted by Gasteiger charge is 2.31. The molecule has 0 saturated carbocycles. The van der Waals surface area contributed by atoms with E-state index in [4.69, 9.17) is 17.3 Å². The zero-order valence-corrected chi connectivity index (χ0v) is 10.8. The summed E-state index contributed by atoms with van der Waals surface area (Å²) >= 11 is 5.77. The van der Waals surface area contributed by atoms with E-state index in [1.165, 1.54) is 18.2 Å². The van der Waals surface area contributed by atoms with Crippen LogP contribution in [0, 0.1) is 0 Å². The second-order valence-electron chi connectivity index (χ2n) is 3.93.